The van der Waals surface area contributed by atoms with Gasteiger partial charge in [-0.25, -0.2) is 4.98 Å². The van der Waals surface area contributed by atoms with E-state index in [9.17, 15) is 14.0 Å². The van der Waals surface area contributed by atoms with E-state index in [1.807, 2.05) is 6.92 Å². The molecule has 1 N–H and O–H groups in total. The Kier molecular flexibility index (Phi) is 5.23. The summed E-state index contributed by atoms with van der Waals surface area (Å²) in [4.78, 5) is 27.9. The number of likely N-dealkylation sites (N-methyl/N-ethyl adjacent to an activating group) is 1. The van der Waals surface area contributed by atoms with Gasteiger partial charge in [-0.2, -0.15) is 4.39 Å². The Hall–Kier alpha value is -1.98. The first-order chi connectivity index (χ1) is 8.54. The first kappa shape index (κ1) is 14.1. The van der Waals surface area contributed by atoms with Crippen LogP contribution < -0.4 is 5.32 Å². The van der Waals surface area contributed by atoms with Crippen LogP contribution in [0.3, 0.4) is 0 Å². The van der Waals surface area contributed by atoms with Crippen molar-refractivity contribution in [1.82, 2.24) is 15.2 Å². The molecule has 1 rings (SSSR count). The quantitative estimate of drug-likeness (QED) is 0.790. The number of carbonyl (C=O) groups is 2. The lowest BCUT2D eigenvalue weighted by atomic mass is 10.2. The highest BCUT2D eigenvalue weighted by Crippen LogP contribution is 2.04. The van der Waals surface area contributed by atoms with E-state index in [1.165, 1.54) is 24.2 Å². The lowest BCUT2D eigenvalue weighted by molar-refractivity contribution is -0.121. The molecule has 0 aromatic carbocycles. The summed E-state index contributed by atoms with van der Waals surface area (Å²) < 4.78 is 12.9. The van der Waals surface area contributed by atoms with Crippen LogP contribution in [0, 0.1) is 5.95 Å². The van der Waals surface area contributed by atoms with Crippen LogP contribution >= 0.6 is 0 Å². The number of hydrogen-bond acceptors (Lipinski definition) is 3. The summed E-state index contributed by atoms with van der Waals surface area (Å²) in [6.07, 6.45) is 2.05. The first-order valence-corrected chi connectivity index (χ1v) is 5.68. The van der Waals surface area contributed by atoms with Gasteiger partial charge in [-0.15, -0.1) is 0 Å². The van der Waals surface area contributed by atoms with Gasteiger partial charge >= 0.3 is 0 Å². The van der Waals surface area contributed by atoms with Crippen LogP contribution in [0.1, 0.15) is 23.7 Å². The van der Waals surface area contributed by atoms with Crippen molar-refractivity contribution in [3.8, 4) is 0 Å². The molecule has 0 atom stereocenters. The average Bonchev–Trinajstić information content (AvgIpc) is 2.35. The summed E-state index contributed by atoms with van der Waals surface area (Å²) >= 11 is 0. The van der Waals surface area contributed by atoms with Crippen LogP contribution in [-0.4, -0.2) is 41.8 Å². The second kappa shape index (κ2) is 6.68. The number of halogens is 1. The number of nitrogens with one attached hydrogen (secondary N) is 1. The smallest absolute Gasteiger partial charge is 0.254 e. The lowest BCUT2D eigenvalue weighted by Crippen LogP contribution is -2.38. The van der Waals surface area contributed by atoms with Crippen LogP contribution in [-0.2, 0) is 4.79 Å². The summed E-state index contributed by atoms with van der Waals surface area (Å²) in [6.45, 7) is 2.46. The van der Waals surface area contributed by atoms with E-state index in [0.717, 1.165) is 12.5 Å². The molecule has 1 heterocycles. The van der Waals surface area contributed by atoms with Crippen LogP contribution in [0.25, 0.3) is 0 Å². The summed E-state index contributed by atoms with van der Waals surface area (Å²) in [6, 6.07) is 2.45. The van der Waals surface area contributed by atoms with Crippen molar-refractivity contribution >= 4 is 11.8 Å². The van der Waals surface area contributed by atoms with Crippen molar-refractivity contribution in [2.75, 3.05) is 20.1 Å². The van der Waals surface area contributed by atoms with Crippen molar-refractivity contribution in [1.29, 1.82) is 0 Å². The van der Waals surface area contributed by atoms with Crippen LogP contribution in [0.4, 0.5) is 4.39 Å². The Balaban J connectivity index is 2.59. The van der Waals surface area contributed by atoms with Crippen LogP contribution in [0.15, 0.2) is 18.3 Å². The zero-order chi connectivity index (χ0) is 13.5. The molecule has 0 aliphatic heterocycles. The molecular formula is C12H16FN3O2. The van der Waals surface area contributed by atoms with Gasteiger partial charge in [0, 0.05) is 31.4 Å². The molecule has 0 spiro atoms. The molecule has 0 radical (unpaired) electrons. The van der Waals surface area contributed by atoms with E-state index in [0.29, 0.717) is 6.54 Å². The summed E-state index contributed by atoms with van der Waals surface area (Å²) in [7, 11) is 1.49. The minimum absolute atomic E-state index is 0.0528. The normalized spacial score (nSPS) is 9.94. The molecule has 0 aliphatic carbocycles. The molecule has 18 heavy (non-hydrogen) atoms. The topological polar surface area (TPSA) is 62.3 Å². The molecule has 1 aromatic rings. The predicted octanol–water partition coefficient (Wildman–Crippen LogP) is 0.819. The van der Waals surface area contributed by atoms with Crippen molar-refractivity contribution < 1.29 is 14.0 Å². The second-order valence-corrected chi connectivity index (χ2v) is 3.88. The van der Waals surface area contributed by atoms with Gasteiger partial charge in [0.15, 0.2) is 0 Å². The van der Waals surface area contributed by atoms with Gasteiger partial charge in [0.1, 0.15) is 0 Å². The molecule has 5 nitrogen and oxygen atoms in total. The summed E-state index contributed by atoms with van der Waals surface area (Å²) in [5.74, 6) is -1.37. The van der Waals surface area contributed by atoms with E-state index in [-0.39, 0.29) is 18.0 Å². The third-order valence-electron chi connectivity index (χ3n) is 2.27. The molecule has 6 heteroatoms. The fourth-order valence-electron chi connectivity index (χ4n) is 1.36. The Labute approximate surface area is 105 Å². The Morgan fingerprint density at radius 2 is 2.22 bits per heavy atom. The van der Waals surface area contributed by atoms with Gasteiger partial charge in [0.05, 0.1) is 6.54 Å². The standard InChI is InChI=1S/C12H16FN3O2/c1-3-5-15-11(17)8-16(2)12(18)9-4-6-14-10(13)7-9/h4,6-7H,3,5,8H2,1-2H3,(H,15,17). The van der Waals surface area contributed by atoms with Gasteiger partial charge < -0.3 is 10.2 Å². The zero-order valence-corrected chi connectivity index (χ0v) is 10.4. The molecule has 0 saturated carbocycles. The zero-order valence-electron chi connectivity index (χ0n) is 10.4. The average molecular weight is 253 g/mol. The molecule has 0 bridgehead atoms. The van der Waals surface area contributed by atoms with Crippen molar-refractivity contribution in [3.05, 3.63) is 29.8 Å². The highest BCUT2D eigenvalue weighted by atomic mass is 19.1. The van der Waals surface area contributed by atoms with Crippen molar-refractivity contribution in [2.45, 2.75) is 13.3 Å². The molecule has 0 unspecified atom stereocenters. The van der Waals surface area contributed by atoms with E-state index in [4.69, 9.17) is 0 Å². The third-order valence-corrected chi connectivity index (χ3v) is 2.27. The third kappa shape index (κ3) is 4.12. The van der Waals surface area contributed by atoms with Crippen LogP contribution in [0.5, 0.6) is 0 Å². The minimum atomic E-state index is -0.718. The van der Waals surface area contributed by atoms with E-state index in [1.54, 1.807) is 0 Å². The highest BCUT2D eigenvalue weighted by Gasteiger charge is 2.15. The highest BCUT2D eigenvalue weighted by molar-refractivity contribution is 5.96. The fraction of sp³-hybridized carbons (Fsp3) is 0.417. The number of aromatic nitrogens is 1. The SMILES string of the molecule is CCCNC(=O)CN(C)C(=O)c1ccnc(F)c1. The summed E-state index contributed by atoms with van der Waals surface area (Å²) in [5, 5.41) is 2.66. The van der Waals surface area contributed by atoms with E-state index < -0.39 is 11.9 Å². The van der Waals surface area contributed by atoms with Gasteiger partial charge in [0.25, 0.3) is 5.91 Å². The molecular weight excluding hydrogens is 237 g/mol. The maximum absolute atomic E-state index is 12.9. The number of carbonyl (C=O) groups excluding carboxylic acids is 2. The van der Waals surface area contributed by atoms with Crippen molar-refractivity contribution in [2.24, 2.45) is 0 Å². The summed E-state index contributed by atoms with van der Waals surface area (Å²) in [5.41, 5.74) is 0.174. The number of pyridine rings is 1. The number of hydrogen-bond donors (Lipinski definition) is 1. The first-order valence-electron chi connectivity index (χ1n) is 5.68. The Bertz CT molecular complexity index is 437. The maximum atomic E-state index is 12.9. The van der Waals surface area contributed by atoms with Gasteiger partial charge in [-0.1, -0.05) is 6.92 Å². The molecule has 2 amide bonds. The molecule has 0 saturated heterocycles. The van der Waals surface area contributed by atoms with E-state index in [2.05, 4.69) is 10.3 Å². The lowest BCUT2D eigenvalue weighted by Gasteiger charge is -2.16. The monoisotopic (exact) mass is 253 g/mol. The Morgan fingerprint density at radius 3 is 2.83 bits per heavy atom. The van der Waals surface area contributed by atoms with E-state index >= 15 is 0 Å². The second-order valence-electron chi connectivity index (χ2n) is 3.88. The largest absolute Gasteiger partial charge is 0.355 e. The fourth-order valence-corrected chi connectivity index (χ4v) is 1.36. The molecule has 0 fully saturated rings. The minimum Gasteiger partial charge on any atom is -0.355 e. The maximum Gasteiger partial charge on any atom is 0.254 e. The molecule has 98 valence electrons. The van der Waals surface area contributed by atoms with Crippen molar-refractivity contribution in [3.63, 3.8) is 0 Å². The number of amides is 2. The Morgan fingerprint density at radius 1 is 1.50 bits per heavy atom. The number of nitrogens with zero attached hydrogens (tertiary/aromatic N) is 2. The van der Waals surface area contributed by atoms with Gasteiger partial charge in [-0.3, -0.25) is 9.59 Å². The van der Waals surface area contributed by atoms with Gasteiger partial charge in [0.2, 0.25) is 11.9 Å². The van der Waals surface area contributed by atoms with Crippen LogP contribution in [0.2, 0.25) is 0 Å². The van der Waals surface area contributed by atoms with Gasteiger partial charge in [-0.05, 0) is 12.5 Å². The molecule has 1 aromatic heterocycles. The number of rotatable bonds is 5. The molecule has 0 aliphatic rings. The predicted molar refractivity (Wildman–Crippen MR) is 64.5 cm³/mol.